The summed E-state index contributed by atoms with van der Waals surface area (Å²) in [5.41, 5.74) is 7.57. The van der Waals surface area contributed by atoms with E-state index in [2.05, 4.69) is 15.5 Å². The lowest BCUT2D eigenvalue weighted by Gasteiger charge is -2.10. The highest BCUT2D eigenvalue weighted by Gasteiger charge is 2.08. The predicted octanol–water partition coefficient (Wildman–Crippen LogP) is 3.17. The Morgan fingerprint density at radius 3 is 2.79 bits per heavy atom. The molecule has 4 N–H and O–H groups in total. The van der Waals surface area contributed by atoms with E-state index in [-0.39, 0.29) is 5.69 Å². The maximum absolute atomic E-state index is 13.6. The van der Waals surface area contributed by atoms with Gasteiger partial charge in [0.15, 0.2) is 0 Å². The Balaban J connectivity index is 2.04. The van der Waals surface area contributed by atoms with Crippen molar-refractivity contribution in [2.45, 2.75) is 0 Å². The van der Waals surface area contributed by atoms with E-state index < -0.39 is 11.6 Å². The fourth-order valence-corrected chi connectivity index (χ4v) is 1.86. The molecular formula is C13H10F2N4. The van der Waals surface area contributed by atoms with E-state index in [4.69, 9.17) is 5.73 Å². The molecule has 4 nitrogen and oxygen atoms in total. The van der Waals surface area contributed by atoms with Crippen molar-refractivity contribution < 1.29 is 8.78 Å². The van der Waals surface area contributed by atoms with Gasteiger partial charge < -0.3 is 11.1 Å². The third-order valence-electron chi connectivity index (χ3n) is 2.81. The monoisotopic (exact) mass is 260 g/mol. The Labute approximate surface area is 107 Å². The number of aromatic amines is 1. The Bertz CT molecular complexity index is 751. The van der Waals surface area contributed by atoms with Crippen molar-refractivity contribution >= 4 is 28.0 Å². The molecule has 19 heavy (non-hydrogen) atoms. The first-order valence-electron chi connectivity index (χ1n) is 5.58. The molecule has 0 fully saturated rings. The second-order valence-corrected chi connectivity index (χ2v) is 4.15. The topological polar surface area (TPSA) is 66.7 Å². The van der Waals surface area contributed by atoms with Gasteiger partial charge in [-0.25, -0.2) is 8.78 Å². The predicted molar refractivity (Wildman–Crippen MR) is 70.1 cm³/mol. The van der Waals surface area contributed by atoms with Crippen molar-refractivity contribution in [1.29, 1.82) is 0 Å². The maximum atomic E-state index is 13.6. The molecule has 3 rings (SSSR count). The van der Waals surface area contributed by atoms with Gasteiger partial charge in [-0.15, -0.1) is 0 Å². The molecule has 0 amide bonds. The molecule has 1 heterocycles. The second-order valence-electron chi connectivity index (χ2n) is 4.15. The first-order valence-corrected chi connectivity index (χ1v) is 5.58. The zero-order chi connectivity index (χ0) is 13.4. The molecule has 0 bridgehead atoms. The van der Waals surface area contributed by atoms with Crippen molar-refractivity contribution in [3.8, 4) is 0 Å². The fraction of sp³-hybridized carbons (Fsp3) is 0. The number of halogens is 2. The van der Waals surface area contributed by atoms with Gasteiger partial charge in [-0.3, -0.25) is 5.10 Å². The van der Waals surface area contributed by atoms with Crippen LogP contribution >= 0.6 is 0 Å². The number of nitrogens with two attached hydrogens (primary N) is 1. The standard InChI is InChI=1S/C13H10F2N4/c14-8-1-2-9(15)12(4-8)18-13-5-11-7(3-10(13)16)6-17-19-11/h1-6,18H,16H2,(H,17,19). The van der Waals surface area contributed by atoms with E-state index in [1.54, 1.807) is 18.3 Å². The first-order chi connectivity index (χ1) is 9.13. The van der Waals surface area contributed by atoms with Gasteiger partial charge in [-0.1, -0.05) is 0 Å². The number of nitrogens with one attached hydrogen (secondary N) is 2. The molecule has 6 heteroatoms. The van der Waals surface area contributed by atoms with Crippen molar-refractivity contribution in [2.75, 3.05) is 11.1 Å². The first kappa shape index (κ1) is 11.5. The summed E-state index contributed by atoms with van der Waals surface area (Å²) in [5.74, 6) is -1.07. The largest absolute Gasteiger partial charge is 0.397 e. The minimum absolute atomic E-state index is 0.0329. The highest BCUT2D eigenvalue weighted by Crippen LogP contribution is 2.29. The van der Waals surface area contributed by atoms with Gasteiger partial charge in [0.2, 0.25) is 0 Å². The van der Waals surface area contributed by atoms with Crippen LogP contribution < -0.4 is 11.1 Å². The zero-order valence-electron chi connectivity index (χ0n) is 9.74. The molecule has 0 aliphatic rings. The Kier molecular flexibility index (Phi) is 2.56. The normalized spacial score (nSPS) is 10.8. The van der Waals surface area contributed by atoms with E-state index >= 15 is 0 Å². The number of hydrogen-bond donors (Lipinski definition) is 3. The van der Waals surface area contributed by atoms with E-state index in [0.29, 0.717) is 11.4 Å². The Morgan fingerprint density at radius 1 is 1.11 bits per heavy atom. The zero-order valence-corrected chi connectivity index (χ0v) is 9.74. The number of aromatic nitrogens is 2. The van der Waals surface area contributed by atoms with Gasteiger partial charge in [0.25, 0.3) is 0 Å². The van der Waals surface area contributed by atoms with E-state index in [0.717, 1.165) is 29.1 Å². The summed E-state index contributed by atoms with van der Waals surface area (Å²) in [6, 6.07) is 6.59. The van der Waals surface area contributed by atoms with Crippen LogP contribution in [0.15, 0.2) is 36.5 Å². The summed E-state index contributed by atoms with van der Waals surface area (Å²) < 4.78 is 26.7. The summed E-state index contributed by atoms with van der Waals surface area (Å²) in [4.78, 5) is 0. The van der Waals surface area contributed by atoms with Gasteiger partial charge in [-0.05, 0) is 24.3 Å². The average molecular weight is 260 g/mol. The molecule has 2 aromatic carbocycles. The summed E-state index contributed by atoms with van der Waals surface area (Å²) >= 11 is 0. The summed E-state index contributed by atoms with van der Waals surface area (Å²) in [7, 11) is 0. The maximum Gasteiger partial charge on any atom is 0.146 e. The second kappa shape index (κ2) is 4.24. The van der Waals surface area contributed by atoms with Gasteiger partial charge in [0.05, 0.1) is 28.8 Å². The Morgan fingerprint density at radius 2 is 1.95 bits per heavy atom. The molecule has 0 saturated carbocycles. The quantitative estimate of drug-likeness (QED) is 0.620. The summed E-state index contributed by atoms with van der Waals surface area (Å²) in [6.45, 7) is 0. The van der Waals surface area contributed by atoms with Gasteiger partial charge >= 0.3 is 0 Å². The van der Waals surface area contributed by atoms with Crippen molar-refractivity contribution in [1.82, 2.24) is 10.2 Å². The molecule has 96 valence electrons. The smallest absolute Gasteiger partial charge is 0.146 e. The van der Waals surface area contributed by atoms with Crippen LogP contribution in [0.25, 0.3) is 10.9 Å². The van der Waals surface area contributed by atoms with Crippen LogP contribution in [0.2, 0.25) is 0 Å². The van der Waals surface area contributed by atoms with Gasteiger partial charge in [0.1, 0.15) is 11.6 Å². The molecule has 0 atom stereocenters. The van der Waals surface area contributed by atoms with Crippen LogP contribution in [0.3, 0.4) is 0 Å². The fourth-order valence-electron chi connectivity index (χ4n) is 1.86. The van der Waals surface area contributed by atoms with Crippen LogP contribution in [0, 0.1) is 11.6 Å². The number of nitrogen functional groups attached to an aromatic ring is 1. The summed E-state index contributed by atoms with van der Waals surface area (Å²) in [5, 5.41) is 10.3. The lowest BCUT2D eigenvalue weighted by Crippen LogP contribution is -1.98. The van der Waals surface area contributed by atoms with Crippen molar-refractivity contribution in [3.63, 3.8) is 0 Å². The van der Waals surface area contributed by atoms with Crippen molar-refractivity contribution in [3.05, 3.63) is 48.2 Å². The number of H-pyrrole nitrogens is 1. The van der Waals surface area contributed by atoms with Gasteiger partial charge in [0, 0.05) is 11.5 Å². The van der Waals surface area contributed by atoms with E-state index in [9.17, 15) is 8.78 Å². The lowest BCUT2D eigenvalue weighted by atomic mass is 10.2. The lowest BCUT2D eigenvalue weighted by molar-refractivity contribution is 0.603. The number of anilines is 3. The van der Waals surface area contributed by atoms with Crippen LogP contribution in [0.4, 0.5) is 25.8 Å². The van der Waals surface area contributed by atoms with Crippen LogP contribution in [-0.4, -0.2) is 10.2 Å². The molecule has 1 aromatic heterocycles. The minimum Gasteiger partial charge on any atom is -0.397 e. The van der Waals surface area contributed by atoms with Crippen molar-refractivity contribution in [2.24, 2.45) is 0 Å². The van der Waals surface area contributed by atoms with Crippen LogP contribution in [0.1, 0.15) is 0 Å². The molecule has 0 spiro atoms. The number of nitrogens with zero attached hydrogens (tertiary/aromatic N) is 1. The number of hydrogen-bond acceptors (Lipinski definition) is 3. The average Bonchev–Trinajstić information content (AvgIpc) is 2.81. The molecule has 0 aliphatic heterocycles. The molecule has 0 unspecified atom stereocenters. The molecule has 0 saturated heterocycles. The number of fused-ring (bicyclic) bond motifs is 1. The Hall–Kier alpha value is -2.63. The summed E-state index contributed by atoms with van der Waals surface area (Å²) in [6.07, 6.45) is 1.64. The number of rotatable bonds is 2. The third kappa shape index (κ3) is 2.08. The number of benzene rings is 2. The minimum atomic E-state index is -0.550. The third-order valence-corrected chi connectivity index (χ3v) is 2.81. The van der Waals surface area contributed by atoms with E-state index in [1.165, 1.54) is 0 Å². The molecule has 0 radical (unpaired) electrons. The van der Waals surface area contributed by atoms with E-state index in [1.807, 2.05) is 0 Å². The SMILES string of the molecule is Nc1cc2cn[nH]c2cc1Nc1cc(F)ccc1F. The molecular weight excluding hydrogens is 250 g/mol. The highest BCUT2D eigenvalue weighted by atomic mass is 19.1. The molecule has 0 aliphatic carbocycles. The highest BCUT2D eigenvalue weighted by molar-refractivity contribution is 5.89. The van der Waals surface area contributed by atoms with Crippen LogP contribution in [-0.2, 0) is 0 Å². The van der Waals surface area contributed by atoms with Gasteiger partial charge in [-0.2, -0.15) is 5.10 Å². The molecule has 3 aromatic rings. The van der Waals surface area contributed by atoms with Crippen LogP contribution in [0.5, 0.6) is 0 Å².